The van der Waals surface area contributed by atoms with Gasteiger partial charge < -0.3 is 66.9 Å². The Morgan fingerprint density at radius 1 is 0.451 bits per heavy atom. The van der Waals surface area contributed by atoms with Crippen LogP contribution < -0.4 is 5.32 Å². The van der Waals surface area contributed by atoms with Crippen molar-refractivity contribution in [2.45, 2.75) is 19.8 Å². The molecular formula is C36H65NO14. The van der Waals surface area contributed by atoms with Gasteiger partial charge in [0.05, 0.1) is 158 Å². The van der Waals surface area contributed by atoms with Crippen molar-refractivity contribution in [3.8, 4) is 0 Å². The van der Waals surface area contributed by atoms with E-state index in [0.717, 1.165) is 25.1 Å². The fourth-order valence-corrected chi connectivity index (χ4v) is 3.85. The molecule has 298 valence electrons. The van der Waals surface area contributed by atoms with Crippen LogP contribution in [0, 0.1) is 0 Å². The fourth-order valence-electron chi connectivity index (χ4n) is 3.85. The number of carbonyl (C=O) groups excluding carboxylic acids is 1. The highest BCUT2D eigenvalue weighted by atomic mass is 16.6. The zero-order valence-corrected chi connectivity index (χ0v) is 31.1. The van der Waals surface area contributed by atoms with Gasteiger partial charge in [0.1, 0.15) is 6.61 Å². The quantitative estimate of drug-likeness (QED) is 0.0776. The first-order valence-electron chi connectivity index (χ1n) is 18.1. The molecule has 15 heteroatoms. The van der Waals surface area contributed by atoms with Gasteiger partial charge in [-0.3, -0.25) is 0 Å². The second-order valence-electron chi connectivity index (χ2n) is 10.7. The molecule has 1 rings (SSSR count). The Morgan fingerprint density at radius 2 is 0.745 bits per heavy atom. The van der Waals surface area contributed by atoms with Crippen molar-refractivity contribution in [3.05, 3.63) is 29.8 Å². The van der Waals surface area contributed by atoms with E-state index in [9.17, 15) is 4.79 Å². The minimum Gasteiger partial charge on any atom is -0.460 e. The van der Waals surface area contributed by atoms with Crippen LogP contribution in [-0.4, -0.2) is 178 Å². The largest absolute Gasteiger partial charge is 0.460 e. The van der Waals surface area contributed by atoms with Gasteiger partial charge in [0, 0.05) is 19.3 Å². The van der Waals surface area contributed by atoms with Gasteiger partial charge in [-0.05, 0) is 30.7 Å². The summed E-state index contributed by atoms with van der Waals surface area (Å²) in [5.41, 5.74) is 1.51. The summed E-state index contributed by atoms with van der Waals surface area (Å²) in [5.74, 6) is -0.362. The van der Waals surface area contributed by atoms with Gasteiger partial charge in [-0.1, -0.05) is 13.3 Å². The van der Waals surface area contributed by atoms with E-state index in [1.54, 1.807) is 19.2 Å². The maximum Gasteiger partial charge on any atom is 0.338 e. The first-order valence-corrected chi connectivity index (χ1v) is 18.1. The minimum absolute atomic E-state index is 0.189. The lowest BCUT2D eigenvalue weighted by Crippen LogP contribution is -2.15. The monoisotopic (exact) mass is 735 g/mol. The number of methoxy groups -OCH3 is 1. The highest BCUT2D eigenvalue weighted by Gasteiger charge is 2.07. The molecule has 0 aromatic heterocycles. The van der Waals surface area contributed by atoms with Crippen LogP contribution in [-0.2, 0) is 61.6 Å². The van der Waals surface area contributed by atoms with E-state index in [0.29, 0.717) is 158 Å². The van der Waals surface area contributed by atoms with Gasteiger partial charge in [-0.15, -0.1) is 0 Å². The van der Waals surface area contributed by atoms with Crippen LogP contribution in [0.5, 0.6) is 0 Å². The first kappa shape index (κ1) is 47.0. The third-order valence-electron chi connectivity index (χ3n) is 6.59. The number of ether oxygens (including phenoxy) is 13. The first-order chi connectivity index (χ1) is 25.3. The molecule has 0 aliphatic rings. The highest BCUT2D eigenvalue weighted by molar-refractivity contribution is 5.89. The summed E-state index contributed by atoms with van der Waals surface area (Å²) in [7, 11) is 1.64. The van der Waals surface area contributed by atoms with Gasteiger partial charge in [-0.2, -0.15) is 0 Å². The minimum atomic E-state index is -0.362. The summed E-state index contributed by atoms with van der Waals surface area (Å²) in [5, 5.41) is 3.32. The highest BCUT2D eigenvalue weighted by Crippen LogP contribution is 2.11. The van der Waals surface area contributed by atoms with Crippen LogP contribution in [0.4, 0.5) is 5.69 Å². The van der Waals surface area contributed by atoms with Crippen molar-refractivity contribution >= 4 is 11.7 Å². The molecular weight excluding hydrogens is 670 g/mol. The normalized spacial score (nSPS) is 11.3. The number of hydrogen-bond acceptors (Lipinski definition) is 15. The van der Waals surface area contributed by atoms with E-state index in [4.69, 9.17) is 61.6 Å². The van der Waals surface area contributed by atoms with Crippen LogP contribution in [0.2, 0.25) is 0 Å². The molecule has 0 bridgehead atoms. The standard InChI is InChI=1S/C36H65NO14/c1-3-4-9-37-35-7-5-34(6-8-35)36(38)51-33-32-50-31-30-49-29-28-48-27-26-47-25-24-46-23-22-45-21-20-44-19-18-43-17-16-42-15-14-41-13-12-40-11-10-39-2/h5-8,37H,3-4,9-33H2,1-2H3. The molecule has 0 amide bonds. The van der Waals surface area contributed by atoms with Crippen LogP contribution in [0.1, 0.15) is 30.1 Å². The SMILES string of the molecule is CCCCNc1ccc(C(=O)OCCOCCOCCOCCOCCOCCOCCOCCOCCOCCOCCOCCOC)cc1. The lowest BCUT2D eigenvalue weighted by molar-refractivity contribution is -0.0285. The maximum absolute atomic E-state index is 12.1. The van der Waals surface area contributed by atoms with Crippen molar-refractivity contribution in [3.63, 3.8) is 0 Å². The molecule has 0 fully saturated rings. The van der Waals surface area contributed by atoms with Crippen molar-refractivity contribution in [2.75, 3.05) is 178 Å². The molecule has 51 heavy (non-hydrogen) atoms. The van der Waals surface area contributed by atoms with E-state index in [2.05, 4.69) is 12.2 Å². The molecule has 1 aromatic carbocycles. The number of hydrogen-bond donors (Lipinski definition) is 1. The molecule has 0 unspecified atom stereocenters. The van der Waals surface area contributed by atoms with Gasteiger partial charge >= 0.3 is 5.97 Å². The van der Waals surface area contributed by atoms with Gasteiger partial charge in [0.2, 0.25) is 0 Å². The Kier molecular flexibility index (Phi) is 36.2. The summed E-state index contributed by atoms with van der Waals surface area (Å²) in [6, 6.07) is 7.29. The lowest BCUT2D eigenvalue weighted by Gasteiger charge is -2.09. The number of unbranched alkanes of at least 4 members (excludes halogenated alkanes) is 1. The zero-order chi connectivity index (χ0) is 36.6. The summed E-state index contributed by atoms with van der Waals surface area (Å²) in [4.78, 5) is 12.1. The van der Waals surface area contributed by atoms with E-state index in [-0.39, 0.29) is 12.6 Å². The predicted octanol–water partition coefficient (Wildman–Crippen LogP) is 2.88. The van der Waals surface area contributed by atoms with Crippen molar-refractivity contribution in [2.24, 2.45) is 0 Å². The van der Waals surface area contributed by atoms with E-state index >= 15 is 0 Å². The smallest absolute Gasteiger partial charge is 0.338 e. The molecule has 15 nitrogen and oxygen atoms in total. The fraction of sp³-hybridized carbons (Fsp3) is 0.806. The third kappa shape index (κ3) is 33.6. The summed E-state index contributed by atoms with van der Waals surface area (Å²) in [6.07, 6.45) is 2.24. The number of rotatable bonds is 41. The molecule has 1 N–H and O–H groups in total. The number of esters is 1. The van der Waals surface area contributed by atoms with Crippen molar-refractivity contribution in [1.29, 1.82) is 0 Å². The van der Waals surface area contributed by atoms with Gasteiger partial charge in [0.25, 0.3) is 0 Å². The molecule has 0 saturated heterocycles. The third-order valence-corrected chi connectivity index (χ3v) is 6.59. The number of benzene rings is 1. The molecule has 0 saturated carbocycles. The molecule has 0 aliphatic carbocycles. The summed E-state index contributed by atoms with van der Waals surface area (Å²) < 4.78 is 70.1. The summed E-state index contributed by atoms with van der Waals surface area (Å²) in [6.45, 7) is 14.6. The Bertz CT molecular complexity index is 852. The number of anilines is 1. The average molecular weight is 736 g/mol. The van der Waals surface area contributed by atoms with Gasteiger partial charge in [0.15, 0.2) is 0 Å². The number of nitrogens with one attached hydrogen (secondary N) is 1. The molecule has 0 spiro atoms. The van der Waals surface area contributed by atoms with E-state index < -0.39 is 0 Å². The second-order valence-corrected chi connectivity index (χ2v) is 10.7. The number of carbonyl (C=O) groups is 1. The topological polar surface area (TPSA) is 149 Å². The molecule has 0 heterocycles. The van der Waals surface area contributed by atoms with Crippen molar-refractivity contribution < 1.29 is 66.4 Å². The lowest BCUT2D eigenvalue weighted by atomic mass is 10.2. The zero-order valence-electron chi connectivity index (χ0n) is 31.1. The Hall–Kier alpha value is -1.99. The molecule has 1 aromatic rings. The predicted molar refractivity (Wildman–Crippen MR) is 191 cm³/mol. The maximum atomic E-state index is 12.1. The molecule has 0 atom stereocenters. The Balaban J connectivity index is 1.68. The second kappa shape index (κ2) is 39.2. The van der Waals surface area contributed by atoms with Crippen LogP contribution in [0.3, 0.4) is 0 Å². The van der Waals surface area contributed by atoms with Crippen LogP contribution in [0.25, 0.3) is 0 Å². The summed E-state index contributed by atoms with van der Waals surface area (Å²) >= 11 is 0. The Morgan fingerprint density at radius 3 is 1.04 bits per heavy atom. The molecule has 0 radical (unpaired) electrons. The van der Waals surface area contributed by atoms with Crippen molar-refractivity contribution in [1.82, 2.24) is 0 Å². The Labute approximate surface area is 305 Å². The van der Waals surface area contributed by atoms with Gasteiger partial charge in [-0.25, -0.2) is 4.79 Å². The van der Waals surface area contributed by atoms with E-state index in [1.807, 2.05) is 12.1 Å². The van der Waals surface area contributed by atoms with E-state index in [1.165, 1.54) is 0 Å². The van der Waals surface area contributed by atoms with Crippen LogP contribution in [0.15, 0.2) is 24.3 Å². The van der Waals surface area contributed by atoms with Crippen LogP contribution >= 0.6 is 0 Å². The average Bonchev–Trinajstić information content (AvgIpc) is 3.15. The molecule has 0 aliphatic heterocycles.